The molecule has 54 valence electrons. The van der Waals surface area contributed by atoms with Gasteiger partial charge in [-0.15, -0.1) is 0 Å². The summed E-state index contributed by atoms with van der Waals surface area (Å²) in [5, 5.41) is 6.99. The van der Waals surface area contributed by atoms with Crippen LogP contribution in [0.2, 0.25) is 0 Å². The van der Waals surface area contributed by atoms with E-state index in [9.17, 15) is 0 Å². The predicted octanol–water partition coefficient (Wildman–Crippen LogP) is 1.26. The van der Waals surface area contributed by atoms with Gasteiger partial charge >= 0.3 is 0 Å². The lowest BCUT2D eigenvalue weighted by molar-refractivity contribution is 0.299. The maximum atomic E-state index is 6.99. The second-order valence-corrected chi connectivity index (χ2v) is 2.49. The summed E-state index contributed by atoms with van der Waals surface area (Å²) in [6.07, 6.45) is 0.875. The average molecular weight is 137 g/mol. The Kier molecular flexibility index (Phi) is 2.46. The first-order valence-corrected chi connectivity index (χ1v) is 3.53. The van der Waals surface area contributed by atoms with E-state index in [1.54, 1.807) is 0 Å². The molecule has 0 atom stereocenters. The Morgan fingerprint density at radius 2 is 1.80 bits per heavy atom. The van der Waals surface area contributed by atoms with E-state index in [0.717, 1.165) is 6.42 Å². The minimum absolute atomic E-state index is 0.489. The van der Waals surface area contributed by atoms with Crippen molar-refractivity contribution in [3.8, 4) is 0 Å². The summed E-state index contributed by atoms with van der Waals surface area (Å²) in [5.41, 5.74) is 2.55. The molecule has 0 amide bonds. The molecule has 0 aliphatic carbocycles. The number of rotatable bonds is 2. The molecule has 0 saturated carbocycles. The molecule has 0 aromatic heterocycles. The Labute approximate surface area is 61.3 Å². The molecular weight excluding hydrogens is 124 g/mol. The smallest absolute Gasteiger partial charge is 0.147 e. The second-order valence-electron chi connectivity index (χ2n) is 2.49. The molecule has 0 bridgehead atoms. The van der Waals surface area contributed by atoms with Crippen LogP contribution in [-0.2, 0) is 6.42 Å². The fourth-order valence-corrected chi connectivity index (χ4v) is 0.899. The first kappa shape index (κ1) is 7.29. The summed E-state index contributed by atoms with van der Waals surface area (Å²) in [7, 11) is 0. The Balaban J connectivity index is 2.69. The molecule has 0 spiro atoms. The van der Waals surface area contributed by atoms with Crippen molar-refractivity contribution in [2.24, 2.45) is 0 Å². The summed E-state index contributed by atoms with van der Waals surface area (Å²) >= 11 is 0. The highest BCUT2D eigenvalue weighted by Crippen LogP contribution is 2.02. The second kappa shape index (κ2) is 3.37. The predicted molar refractivity (Wildman–Crippen MR) is 43.4 cm³/mol. The van der Waals surface area contributed by atoms with Gasteiger partial charge in [-0.3, -0.25) is 0 Å². The van der Waals surface area contributed by atoms with Crippen LogP contribution in [0.25, 0.3) is 0 Å². The van der Waals surface area contributed by atoms with Gasteiger partial charge < -0.3 is 5.11 Å². The Bertz CT molecular complexity index is 188. The first-order chi connectivity index (χ1) is 4.83. The monoisotopic (exact) mass is 137 g/mol. The summed E-state index contributed by atoms with van der Waals surface area (Å²) in [6, 6.07) is 8.35. The van der Waals surface area contributed by atoms with Crippen molar-refractivity contribution in [3.05, 3.63) is 35.4 Å². The molecule has 1 aromatic carbocycles. The van der Waals surface area contributed by atoms with E-state index in [2.05, 4.69) is 31.2 Å². The fraction of sp³-hybridized carbons (Fsp3) is 0.333. The lowest BCUT2D eigenvalue weighted by Gasteiger charge is -1.95. The number of aryl methyl sites for hydroxylation is 1. The van der Waals surface area contributed by atoms with E-state index in [-0.39, 0.29) is 0 Å². The van der Waals surface area contributed by atoms with Crippen LogP contribution in [0.5, 0.6) is 0 Å². The van der Waals surface area contributed by atoms with Crippen molar-refractivity contribution >= 4 is 0 Å². The molecule has 0 unspecified atom stereocenters. The molecular formula is C9H13O+. The molecule has 10 heavy (non-hydrogen) atoms. The zero-order valence-corrected chi connectivity index (χ0v) is 6.22. The highest BCUT2D eigenvalue weighted by atomic mass is 16.2. The van der Waals surface area contributed by atoms with Gasteiger partial charge in [0.1, 0.15) is 6.61 Å². The van der Waals surface area contributed by atoms with Crippen LogP contribution in [-0.4, -0.2) is 11.7 Å². The van der Waals surface area contributed by atoms with Crippen LogP contribution >= 0.6 is 0 Å². The van der Waals surface area contributed by atoms with E-state index in [0.29, 0.717) is 6.61 Å². The molecule has 0 radical (unpaired) electrons. The molecule has 2 N–H and O–H groups in total. The van der Waals surface area contributed by atoms with Gasteiger partial charge in [-0.25, -0.2) is 0 Å². The average Bonchev–Trinajstić information content (AvgIpc) is 1.95. The maximum absolute atomic E-state index is 6.99. The highest BCUT2D eigenvalue weighted by Gasteiger charge is 1.90. The first-order valence-electron chi connectivity index (χ1n) is 3.53. The van der Waals surface area contributed by atoms with E-state index >= 15 is 0 Å². The van der Waals surface area contributed by atoms with Crippen molar-refractivity contribution in [2.75, 3.05) is 6.61 Å². The molecule has 0 fully saturated rings. The maximum Gasteiger partial charge on any atom is 0.147 e. The van der Waals surface area contributed by atoms with Crippen molar-refractivity contribution < 1.29 is 5.11 Å². The normalized spacial score (nSPS) is 9.80. The topological polar surface area (TPSA) is 22.9 Å². The van der Waals surface area contributed by atoms with Crippen LogP contribution in [0, 0.1) is 6.92 Å². The zero-order chi connectivity index (χ0) is 7.40. The van der Waals surface area contributed by atoms with Crippen molar-refractivity contribution in [2.45, 2.75) is 13.3 Å². The van der Waals surface area contributed by atoms with E-state index in [1.165, 1.54) is 11.1 Å². The summed E-state index contributed by atoms with van der Waals surface area (Å²) in [5.74, 6) is 0. The van der Waals surface area contributed by atoms with Gasteiger partial charge in [-0.2, -0.15) is 0 Å². The Morgan fingerprint density at radius 3 is 2.30 bits per heavy atom. The van der Waals surface area contributed by atoms with Gasteiger partial charge in [0.25, 0.3) is 0 Å². The standard InChI is InChI=1S/C9H12O/c1-8-2-4-9(5-3-8)6-7-10/h2-5,10H,6-7H2,1H3/p+1. The third kappa shape index (κ3) is 1.85. The summed E-state index contributed by atoms with van der Waals surface area (Å²) in [4.78, 5) is 0. The van der Waals surface area contributed by atoms with E-state index in [1.807, 2.05) is 0 Å². The van der Waals surface area contributed by atoms with Crippen LogP contribution in [0.4, 0.5) is 0 Å². The lowest BCUT2D eigenvalue weighted by atomic mass is 10.1. The van der Waals surface area contributed by atoms with Gasteiger partial charge in [0.2, 0.25) is 0 Å². The Hall–Kier alpha value is -0.820. The summed E-state index contributed by atoms with van der Waals surface area (Å²) in [6.45, 7) is 2.56. The van der Waals surface area contributed by atoms with Crippen LogP contribution in [0.1, 0.15) is 11.1 Å². The number of hydrogen-bond donors (Lipinski definition) is 0. The minimum Gasteiger partial charge on any atom is -0.445 e. The van der Waals surface area contributed by atoms with Crippen molar-refractivity contribution in [1.29, 1.82) is 0 Å². The van der Waals surface area contributed by atoms with Gasteiger partial charge in [0.05, 0.1) is 0 Å². The molecule has 1 aromatic rings. The SMILES string of the molecule is Cc1ccc(CC[OH2+])cc1. The number of hydrogen-bond acceptors (Lipinski definition) is 0. The molecule has 0 aliphatic heterocycles. The van der Waals surface area contributed by atoms with E-state index in [4.69, 9.17) is 5.11 Å². The fourth-order valence-electron chi connectivity index (χ4n) is 0.899. The van der Waals surface area contributed by atoms with Crippen LogP contribution < -0.4 is 0 Å². The molecule has 1 nitrogen and oxygen atoms in total. The van der Waals surface area contributed by atoms with Gasteiger partial charge in [-0.05, 0) is 12.5 Å². The molecule has 0 aliphatic rings. The van der Waals surface area contributed by atoms with Crippen LogP contribution in [0.3, 0.4) is 0 Å². The van der Waals surface area contributed by atoms with Gasteiger partial charge in [0.15, 0.2) is 0 Å². The summed E-state index contributed by atoms with van der Waals surface area (Å²) < 4.78 is 0. The third-order valence-corrected chi connectivity index (χ3v) is 1.53. The van der Waals surface area contributed by atoms with Gasteiger partial charge in [-0.1, -0.05) is 29.8 Å². The number of benzene rings is 1. The quantitative estimate of drug-likeness (QED) is 0.548. The molecule has 0 saturated heterocycles. The largest absolute Gasteiger partial charge is 0.445 e. The van der Waals surface area contributed by atoms with Crippen molar-refractivity contribution in [1.82, 2.24) is 0 Å². The molecule has 0 heterocycles. The highest BCUT2D eigenvalue weighted by molar-refractivity contribution is 5.21. The molecule has 1 heteroatoms. The minimum atomic E-state index is 0.489. The van der Waals surface area contributed by atoms with E-state index < -0.39 is 0 Å². The van der Waals surface area contributed by atoms with Crippen molar-refractivity contribution in [3.63, 3.8) is 0 Å². The Morgan fingerprint density at radius 1 is 1.20 bits per heavy atom. The van der Waals surface area contributed by atoms with Crippen LogP contribution in [0.15, 0.2) is 24.3 Å². The third-order valence-electron chi connectivity index (χ3n) is 1.53. The molecule has 1 rings (SSSR count). The van der Waals surface area contributed by atoms with Gasteiger partial charge in [0, 0.05) is 6.42 Å². The zero-order valence-electron chi connectivity index (χ0n) is 6.22. The lowest BCUT2D eigenvalue weighted by Crippen LogP contribution is -1.89.